The molecule has 3 aromatic heterocycles. The Balaban J connectivity index is 0.000000119. The van der Waals surface area contributed by atoms with Crippen LogP contribution in [0.3, 0.4) is 0 Å². The van der Waals surface area contributed by atoms with E-state index in [0.717, 1.165) is 22.1 Å². The number of fused-ring (bicyclic) bond motifs is 6. The van der Waals surface area contributed by atoms with Gasteiger partial charge in [0.2, 0.25) is 0 Å². The van der Waals surface area contributed by atoms with E-state index in [2.05, 4.69) is 57.4 Å². The second-order valence-corrected chi connectivity index (χ2v) is 6.58. The predicted octanol–water partition coefficient (Wildman–Crippen LogP) is 5.62. The summed E-state index contributed by atoms with van der Waals surface area (Å²) in [6.07, 6.45) is 5.60. The van der Waals surface area contributed by atoms with E-state index < -0.39 is 0 Å². The van der Waals surface area contributed by atoms with Crippen LogP contribution in [-0.2, 0) is 0 Å². The molecule has 130 valence electrons. The van der Waals surface area contributed by atoms with Gasteiger partial charge in [-0.25, -0.2) is 0 Å². The zero-order valence-corrected chi connectivity index (χ0v) is 14.6. The Hall–Kier alpha value is -3.79. The van der Waals surface area contributed by atoms with Gasteiger partial charge in [-0.2, -0.15) is 0 Å². The third-order valence-electron chi connectivity index (χ3n) is 4.88. The molecular weight excluding hydrogens is 332 g/mol. The van der Waals surface area contributed by atoms with Gasteiger partial charge in [0.15, 0.2) is 0 Å². The van der Waals surface area contributed by atoms with E-state index in [4.69, 9.17) is 5.73 Å². The molecule has 0 amide bonds. The number of pyridine rings is 1. The highest BCUT2D eigenvalue weighted by Gasteiger charge is 2.03. The molecule has 0 aliphatic heterocycles. The van der Waals surface area contributed by atoms with Gasteiger partial charge < -0.3 is 15.7 Å². The molecule has 4 heteroatoms. The maximum absolute atomic E-state index is 5.74. The summed E-state index contributed by atoms with van der Waals surface area (Å²) in [5, 5.41) is 6.19. The lowest BCUT2D eigenvalue weighted by atomic mass is 10.1. The number of H-pyrrole nitrogens is 2. The smallest absolute Gasteiger partial charge is 0.0651 e. The van der Waals surface area contributed by atoms with Gasteiger partial charge in [0.25, 0.3) is 0 Å². The SMILES string of the molecule is Nc1ccc2[nH]c3cnccc3c2c1.c1ccc2c(c1)ccc1cc[nH]c12. The number of rotatable bonds is 0. The molecule has 4 nitrogen and oxygen atoms in total. The van der Waals surface area contributed by atoms with E-state index >= 15 is 0 Å². The first kappa shape index (κ1) is 15.5. The van der Waals surface area contributed by atoms with Gasteiger partial charge in [-0.05, 0) is 35.7 Å². The summed E-state index contributed by atoms with van der Waals surface area (Å²) >= 11 is 0. The third-order valence-corrected chi connectivity index (χ3v) is 4.88. The maximum atomic E-state index is 5.74. The van der Waals surface area contributed by atoms with Crippen molar-refractivity contribution in [2.24, 2.45) is 0 Å². The van der Waals surface area contributed by atoms with E-state index in [0.29, 0.717) is 0 Å². The topological polar surface area (TPSA) is 70.5 Å². The molecule has 0 aliphatic rings. The van der Waals surface area contributed by atoms with Crippen molar-refractivity contribution in [2.45, 2.75) is 0 Å². The van der Waals surface area contributed by atoms with Crippen LogP contribution in [-0.4, -0.2) is 15.0 Å². The van der Waals surface area contributed by atoms with Crippen molar-refractivity contribution in [2.75, 3.05) is 5.73 Å². The average molecular weight is 350 g/mol. The molecule has 0 unspecified atom stereocenters. The molecule has 6 aromatic rings. The quantitative estimate of drug-likeness (QED) is 0.311. The maximum Gasteiger partial charge on any atom is 0.0651 e. The largest absolute Gasteiger partial charge is 0.399 e. The van der Waals surface area contributed by atoms with Gasteiger partial charge >= 0.3 is 0 Å². The standard InChI is InChI=1S/C12H9N.C11H9N3/c1-2-4-11-9(3-1)5-6-10-7-8-13-12(10)11;12-7-1-2-10-9(5-7)8-3-4-13-6-11(8)14-10/h1-8,13H;1-6,14H,12H2. The van der Waals surface area contributed by atoms with Gasteiger partial charge in [0.1, 0.15) is 0 Å². The van der Waals surface area contributed by atoms with Gasteiger partial charge in [-0.3, -0.25) is 4.98 Å². The molecule has 6 rings (SSSR count). The van der Waals surface area contributed by atoms with Crippen LogP contribution in [0.1, 0.15) is 0 Å². The van der Waals surface area contributed by atoms with Crippen molar-refractivity contribution in [1.29, 1.82) is 0 Å². The second-order valence-electron chi connectivity index (χ2n) is 6.58. The highest BCUT2D eigenvalue weighted by Crippen LogP contribution is 2.26. The molecule has 0 bridgehead atoms. The molecule has 0 saturated carbocycles. The number of aromatic amines is 2. The number of nitrogen functional groups attached to an aromatic ring is 1. The van der Waals surface area contributed by atoms with Crippen LogP contribution in [0.2, 0.25) is 0 Å². The average Bonchev–Trinajstić information content (AvgIpc) is 3.33. The lowest BCUT2D eigenvalue weighted by molar-refractivity contribution is 1.35. The number of nitrogens with two attached hydrogens (primary N) is 1. The van der Waals surface area contributed by atoms with Crippen molar-refractivity contribution in [3.05, 3.63) is 85.3 Å². The monoisotopic (exact) mass is 350 g/mol. The molecule has 3 heterocycles. The summed E-state index contributed by atoms with van der Waals surface area (Å²) < 4.78 is 0. The number of benzene rings is 3. The van der Waals surface area contributed by atoms with E-state index in [1.54, 1.807) is 6.20 Å². The van der Waals surface area contributed by atoms with E-state index in [1.807, 2.05) is 36.7 Å². The summed E-state index contributed by atoms with van der Waals surface area (Å²) in [5.74, 6) is 0. The van der Waals surface area contributed by atoms with Crippen LogP contribution in [0, 0.1) is 0 Å². The molecule has 0 fully saturated rings. The zero-order chi connectivity index (χ0) is 18.2. The predicted molar refractivity (Wildman–Crippen MR) is 114 cm³/mol. The fraction of sp³-hybridized carbons (Fsp3) is 0. The van der Waals surface area contributed by atoms with E-state index in [1.165, 1.54) is 27.1 Å². The zero-order valence-electron chi connectivity index (χ0n) is 14.6. The lowest BCUT2D eigenvalue weighted by Crippen LogP contribution is -1.81. The van der Waals surface area contributed by atoms with Crippen molar-refractivity contribution in [3.63, 3.8) is 0 Å². The Kier molecular flexibility index (Phi) is 3.54. The van der Waals surface area contributed by atoms with Crippen LogP contribution in [0.15, 0.2) is 85.3 Å². The Morgan fingerprint density at radius 2 is 1.63 bits per heavy atom. The van der Waals surface area contributed by atoms with Crippen LogP contribution in [0.25, 0.3) is 43.5 Å². The summed E-state index contributed by atoms with van der Waals surface area (Å²) in [5.41, 5.74) is 9.91. The van der Waals surface area contributed by atoms with Gasteiger partial charge in [-0.15, -0.1) is 0 Å². The molecular formula is C23H18N4. The Labute approximate surface area is 155 Å². The minimum atomic E-state index is 0.787. The van der Waals surface area contributed by atoms with E-state index in [-0.39, 0.29) is 0 Å². The highest BCUT2D eigenvalue weighted by atomic mass is 14.7. The Morgan fingerprint density at radius 3 is 2.59 bits per heavy atom. The molecule has 27 heavy (non-hydrogen) atoms. The second kappa shape index (κ2) is 6.18. The van der Waals surface area contributed by atoms with Crippen LogP contribution in [0.5, 0.6) is 0 Å². The molecule has 0 radical (unpaired) electrons. The van der Waals surface area contributed by atoms with Gasteiger partial charge in [0, 0.05) is 45.1 Å². The number of hydrogen-bond acceptors (Lipinski definition) is 2. The minimum absolute atomic E-state index is 0.787. The Morgan fingerprint density at radius 1 is 0.741 bits per heavy atom. The van der Waals surface area contributed by atoms with Gasteiger partial charge in [-0.1, -0.05) is 36.4 Å². The molecule has 0 saturated heterocycles. The first-order valence-corrected chi connectivity index (χ1v) is 8.85. The van der Waals surface area contributed by atoms with E-state index in [9.17, 15) is 0 Å². The number of anilines is 1. The third kappa shape index (κ3) is 2.68. The lowest BCUT2D eigenvalue weighted by Gasteiger charge is -1.97. The highest BCUT2D eigenvalue weighted by molar-refractivity contribution is 6.08. The summed E-state index contributed by atoms with van der Waals surface area (Å²) in [4.78, 5) is 10.6. The molecule has 4 N–H and O–H groups in total. The number of nitrogens with one attached hydrogen (secondary N) is 2. The molecule has 0 atom stereocenters. The number of aromatic nitrogens is 3. The number of hydrogen-bond donors (Lipinski definition) is 3. The van der Waals surface area contributed by atoms with Crippen LogP contribution in [0.4, 0.5) is 5.69 Å². The van der Waals surface area contributed by atoms with Crippen LogP contribution >= 0.6 is 0 Å². The number of nitrogens with zero attached hydrogens (tertiary/aromatic N) is 1. The van der Waals surface area contributed by atoms with Gasteiger partial charge in [0.05, 0.1) is 17.2 Å². The summed E-state index contributed by atoms with van der Waals surface area (Å²) in [7, 11) is 0. The fourth-order valence-electron chi connectivity index (χ4n) is 3.57. The summed E-state index contributed by atoms with van der Waals surface area (Å²) in [6.45, 7) is 0. The minimum Gasteiger partial charge on any atom is -0.399 e. The van der Waals surface area contributed by atoms with Crippen molar-refractivity contribution >= 4 is 49.2 Å². The van der Waals surface area contributed by atoms with Crippen molar-refractivity contribution in [3.8, 4) is 0 Å². The molecule has 0 aliphatic carbocycles. The fourth-order valence-corrected chi connectivity index (χ4v) is 3.57. The first-order valence-electron chi connectivity index (χ1n) is 8.85. The first-order chi connectivity index (χ1) is 13.3. The van der Waals surface area contributed by atoms with Crippen LogP contribution < -0.4 is 5.73 Å². The summed E-state index contributed by atoms with van der Waals surface area (Å²) in [6, 6.07) is 22.7. The molecule has 3 aromatic carbocycles. The van der Waals surface area contributed by atoms with Crippen molar-refractivity contribution < 1.29 is 0 Å². The Bertz CT molecular complexity index is 1390. The molecule has 0 spiro atoms. The van der Waals surface area contributed by atoms with Crippen molar-refractivity contribution in [1.82, 2.24) is 15.0 Å². The normalized spacial score (nSPS) is 11.1.